The molecule has 0 bridgehead atoms. The molecule has 1 N–H and O–H groups in total. The summed E-state index contributed by atoms with van der Waals surface area (Å²) in [5, 5.41) is 13.9. The molecule has 0 aliphatic carbocycles. The number of aromatic nitrogens is 2. The van der Waals surface area contributed by atoms with Crippen LogP contribution in [0, 0.1) is 5.82 Å². The van der Waals surface area contributed by atoms with E-state index in [-0.39, 0.29) is 5.82 Å². The molecule has 0 saturated carbocycles. The standard InChI is InChI=1S/C27H25FN2O4/c1-3-18-11-12-26(34-17-27(31)32)22(13-18)23-15-24(19-8-6-9-21(28)14-19)30(29-23)16-20-7-4-5-10-25(20)33-2/h4-15H,3,16-17H2,1-2H3,(H,31,32). The first-order chi connectivity index (χ1) is 16.5. The van der Waals surface area contributed by atoms with Gasteiger partial charge in [0.15, 0.2) is 6.61 Å². The molecule has 0 amide bonds. The number of ether oxygens (including phenoxy) is 2. The number of hydrogen-bond acceptors (Lipinski definition) is 4. The molecule has 0 unspecified atom stereocenters. The smallest absolute Gasteiger partial charge is 0.341 e. The summed E-state index contributed by atoms with van der Waals surface area (Å²) in [6.45, 7) is 1.97. The van der Waals surface area contributed by atoms with E-state index in [1.165, 1.54) is 12.1 Å². The van der Waals surface area contributed by atoms with E-state index >= 15 is 0 Å². The second kappa shape index (κ2) is 10.2. The second-order valence-electron chi connectivity index (χ2n) is 7.76. The van der Waals surface area contributed by atoms with Gasteiger partial charge in [-0.2, -0.15) is 5.10 Å². The molecule has 0 aliphatic rings. The molecule has 0 saturated heterocycles. The monoisotopic (exact) mass is 460 g/mol. The third kappa shape index (κ3) is 5.09. The maximum atomic E-state index is 14.1. The molecule has 6 nitrogen and oxygen atoms in total. The minimum absolute atomic E-state index is 0.345. The lowest BCUT2D eigenvalue weighted by Gasteiger charge is -2.11. The fraction of sp³-hybridized carbons (Fsp3) is 0.185. The predicted molar refractivity (Wildman–Crippen MR) is 128 cm³/mol. The molecular weight excluding hydrogens is 435 g/mol. The highest BCUT2D eigenvalue weighted by Crippen LogP contribution is 2.34. The Morgan fingerprint density at radius 1 is 1.03 bits per heavy atom. The summed E-state index contributed by atoms with van der Waals surface area (Å²) in [6.07, 6.45) is 0.797. The number of aliphatic carboxylic acids is 1. The molecule has 34 heavy (non-hydrogen) atoms. The van der Waals surface area contributed by atoms with Crippen LogP contribution >= 0.6 is 0 Å². The molecular formula is C27H25FN2O4. The van der Waals surface area contributed by atoms with E-state index in [9.17, 15) is 9.18 Å². The largest absolute Gasteiger partial charge is 0.496 e. The number of methoxy groups -OCH3 is 1. The van der Waals surface area contributed by atoms with Crippen molar-refractivity contribution in [2.45, 2.75) is 19.9 Å². The Labute approximate surface area is 197 Å². The van der Waals surface area contributed by atoms with Crippen molar-refractivity contribution >= 4 is 5.97 Å². The van der Waals surface area contributed by atoms with Crippen LogP contribution in [-0.4, -0.2) is 34.6 Å². The first-order valence-corrected chi connectivity index (χ1v) is 10.9. The summed E-state index contributed by atoms with van der Waals surface area (Å²) in [7, 11) is 1.61. The quantitative estimate of drug-likeness (QED) is 0.360. The van der Waals surface area contributed by atoms with Crippen LogP contribution in [0.4, 0.5) is 4.39 Å². The number of nitrogens with zero attached hydrogens (tertiary/aromatic N) is 2. The van der Waals surface area contributed by atoms with E-state index in [0.29, 0.717) is 34.8 Å². The van der Waals surface area contributed by atoms with Gasteiger partial charge in [0.25, 0.3) is 0 Å². The molecule has 0 aliphatic heterocycles. The number of carbonyl (C=O) groups is 1. The Kier molecular flexibility index (Phi) is 6.92. The SMILES string of the molecule is CCc1ccc(OCC(=O)O)c(-c2cc(-c3cccc(F)c3)n(Cc3ccccc3OC)n2)c1. The Morgan fingerprint density at radius 3 is 2.59 bits per heavy atom. The average Bonchev–Trinajstić information content (AvgIpc) is 3.26. The number of halogens is 1. The van der Waals surface area contributed by atoms with Crippen LogP contribution in [0.2, 0.25) is 0 Å². The van der Waals surface area contributed by atoms with Crippen molar-refractivity contribution in [3.05, 3.63) is 89.7 Å². The summed E-state index contributed by atoms with van der Waals surface area (Å²) in [6, 6.07) is 21.5. The number of carboxylic acid groups (broad SMARTS) is 1. The molecule has 4 rings (SSSR count). The topological polar surface area (TPSA) is 73.6 Å². The van der Waals surface area contributed by atoms with Gasteiger partial charge in [0.05, 0.1) is 25.0 Å². The highest BCUT2D eigenvalue weighted by Gasteiger charge is 2.18. The fourth-order valence-corrected chi connectivity index (χ4v) is 3.81. The van der Waals surface area contributed by atoms with Gasteiger partial charge in [-0.05, 0) is 48.4 Å². The van der Waals surface area contributed by atoms with Crippen molar-refractivity contribution in [3.8, 4) is 34.0 Å². The van der Waals surface area contributed by atoms with E-state index in [1.807, 2.05) is 55.5 Å². The summed E-state index contributed by atoms with van der Waals surface area (Å²) >= 11 is 0. The third-order valence-corrected chi connectivity index (χ3v) is 5.49. The molecule has 1 heterocycles. The molecule has 0 atom stereocenters. The Balaban J connectivity index is 1.85. The highest BCUT2D eigenvalue weighted by atomic mass is 19.1. The number of aryl methyl sites for hydroxylation is 1. The molecule has 4 aromatic rings. The Bertz CT molecular complexity index is 1320. The molecule has 0 radical (unpaired) electrons. The van der Waals surface area contributed by atoms with Crippen LogP contribution in [-0.2, 0) is 17.8 Å². The lowest BCUT2D eigenvalue weighted by molar-refractivity contribution is -0.139. The maximum absolute atomic E-state index is 14.1. The third-order valence-electron chi connectivity index (χ3n) is 5.49. The number of rotatable bonds is 9. The van der Waals surface area contributed by atoms with Crippen molar-refractivity contribution in [1.82, 2.24) is 9.78 Å². The van der Waals surface area contributed by atoms with Gasteiger partial charge >= 0.3 is 5.97 Å². The van der Waals surface area contributed by atoms with Crippen LogP contribution in [0.3, 0.4) is 0 Å². The summed E-state index contributed by atoms with van der Waals surface area (Å²) < 4.78 is 26.9. The molecule has 7 heteroatoms. The molecule has 1 aromatic heterocycles. The zero-order valence-corrected chi connectivity index (χ0v) is 19.0. The number of hydrogen-bond donors (Lipinski definition) is 1. The lowest BCUT2D eigenvalue weighted by Crippen LogP contribution is -2.10. The van der Waals surface area contributed by atoms with Crippen molar-refractivity contribution in [3.63, 3.8) is 0 Å². The van der Waals surface area contributed by atoms with E-state index in [0.717, 1.165) is 23.3 Å². The van der Waals surface area contributed by atoms with E-state index in [1.54, 1.807) is 23.9 Å². The summed E-state index contributed by atoms with van der Waals surface area (Å²) in [4.78, 5) is 11.1. The van der Waals surface area contributed by atoms with Crippen LogP contribution < -0.4 is 9.47 Å². The molecule has 3 aromatic carbocycles. The predicted octanol–water partition coefficient (Wildman–Crippen LogP) is 5.44. The summed E-state index contributed by atoms with van der Waals surface area (Å²) in [5.74, 6) is -0.259. The number of carboxylic acids is 1. The minimum atomic E-state index is -1.06. The number of para-hydroxylation sites is 1. The van der Waals surface area contributed by atoms with Gasteiger partial charge in [0.2, 0.25) is 0 Å². The van der Waals surface area contributed by atoms with Crippen molar-refractivity contribution in [2.24, 2.45) is 0 Å². The lowest BCUT2D eigenvalue weighted by atomic mass is 10.0. The zero-order chi connectivity index (χ0) is 24.1. The molecule has 174 valence electrons. The Morgan fingerprint density at radius 2 is 1.85 bits per heavy atom. The highest BCUT2D eigenvalue weighted by molar-refractivity contribution is 5.74. The van der Waals surface area contributed by atoms with Crippen LogP contribution in [0.15, 0.2) is 72.8 Å². The summed E-state index contributed by atoms with van der Waals surface area (Å²) in [5.41, 5.74) is 4.65. The first kappa shape index (κ1) is 23.0. The Hall–Kier alpha value is -4.13. The molecule has 0 fully saturated rings. The van der Waals surface area contributed by atoms with Gasteiger partial charge in [-0.25, -0.2) is 9.18 Å². The maximum Gasteiger partial charge on any atom is 0.341 e. The first-order valence-electron chi connectivity index (χ1n) is 10.9. The average molecular weight is 461 g/mol. The van der Waals surface area contributed by atoms with Crippen LogP contribution in [0.5, 0.6) is 11.5 Å². The van der Waals surface area contributed by atoms with Gasteiger partial charge in [0.1, 0.15) is 17.3 Å². The van der Waals surface area contributed by atoms with Gasteiger partial charge < -0.3 is 14.6 Å². The van der Waals surface area contributed by atoms with Gasteiger partial charge in [-0.15, -0.1) is 0 Å². The minimum Gasteiger partial charge on any atom is -0.496 e. The van der Waals surface area contributed by atoms with Crippen molar-refractivity contribution < 1.29 is 23.8 Å². The van der Waals surface area contributed by atoms with E-state index < -0.39 is 12.6 Å². The van der Waals surface area contributed by atoms with Crippen LogP contribution in [0.25, 0.3) is 22.5 Å². The van der Waals surface area contributed by atoms with E-state index in [2.05, 4.69) is 0 Å². The van der Waals surface area contributed by atoms with Crippen molar-refractivity contribution in [2.75, 3.05) is 13.7 Å². The second-order valence-corrected chi connectivity index (χ2v) is 7.76. The van der Waals surface area contributed by atoms with Gasteiger partial charge in [-0.3, -0.25) is 4.68 Å². The van der Waals surface area contributed by atoms with E-state index in [4.69, 9.17) is 19.7 Å². The molecule has 0 spiro atoms. The van der Waals surface area contributed by atoms with Crippen molar-refractivity contribution in [1.29, 1.82) is 0 Å². The zero-order valence-electron chi connectivity index (χ0n) is 19.0. The van der Waals surface area contributed by atoms with Gasteiger partial charge in [-0.1, -0.05) is 43.3 Å². The normalized spacial score (nSPS) is 10.8. The van der Waals surface area contributed by atoms with Gasteiger partial charge in [0, 0.05) is 16.7 Å². The fourth-order valence-electron chi connectivity index (χ4n) is 3.81. The van der Waals surface area contributed by atoms with Crippen LogP contribution in [0.1, 0.15) is 18.1 Å². The number of benzene rings is 3.